The lowest BCUT2D eigenvalue weighted by Crippen LogP contribution is -2.10. The van der Waals surface area contributed by atoms with Crippen LogP contribution in [-0.4, -0.2) is 34.1 Å². The number of nitrogens with zero attached hydrogens (tertiary/aromatic N) is 7. The quantitative estimate of drug-likeness (QED) is 0.678. The first-order valence-corrected chi connectivity index (χ1v) is 6.92. The van der Waals surface area contributed by atoms with E-state index in [9.17, 15) is 0 Å². The third-order valence-corrected chi connectivity index (χ3v) is 3.69. The second-order valence-electron chi connectivity index (χ2n) is 4.80. The molecule has 3 aromatic heterocycles. The molecule has 0 bridgehead atoms. The molecule has 0 amide bonds. The van der Waals surface area contributed by atoms with Gasteiger partial charge in [-0.1, -0.05) is 0 Å². The van der Waals surface area contributed by atoms with Crippen LogP contribution in [0, 0.1) is 6.92 Å². The van der Waals surface area contributed by atoms with E-state index in [1.165, 1.54) is 0 Å². The predicted molar refractivity (Wildman–Crippen MR) is 75.5 cm³/mol. The third-order valence-electron chi connectivity index (χ3n) is 3.45. The first kappa shape index (κ1) is 13.1. The zero-order valence-electron chi connectivity index (χ0n) is 11.7. The van der Waals surface area contributed by atoms with E-state index < -0.39 is 0 Å². The van der Waals surface area contributed by atoms with Gasteiger partial charge in [0.1, 0.15) is 23.5 Å². The molecule has 0 unspecified atom stereocenters. The van der Waals surface area contributed by atoms with Gasteiger partial charge in [0, 0.05) is 27.1 Å². The Hall–Kier alpha value is -1.89. The Kier molecular flexibility index (Phi) is 3.21. The van der Waals surface area contributed by atoms with Crippen LogP contribution < -0.4 is 0 Å². The number of imidazole rings is 1. The third kappa shape index (κ3) is 1.98. The molecular formula is C12H16ClN7. The molecule has 0 fully saturated rings. The van der Waals surface area contributed by atoms with Crippen LogP contribution in [0.2, 0.25) is 0 Å². The van der Waals surface area contributed by atoms with Crippen molar-refractivity contribution in [1.29, 1.82) is 0 Å². The maximum Gasteiger partial charge on any atom is 0.158 e. The Morgan fingerprint density at radius 2 is 2.05 bits per heavy atom. The van der Waals surface area contributed by atoms with Crippen LogP contribution in [0.15, 0.2) is 6.33 Å². The number of halogens is 1. The van der Waals surface area contributed by atoms with Gasteiger partial charge in [-0.2, -0.15) is 5.10 Å². The van der Waals surface area contributed by atoms with Crippen LogP contribution in [0.4, 0.5) is 0 Å². The van der Waals surface area contributed by atoms with Crippen molar-refractivity contribution >= 4 is 22.8 Å². The molecule has 0 aliphatic carbocycles. The molecule has 0 saturated heterocycles. The molecule has 0 spiro atoms. The molecule has 3 aromatic rings. The molecule has 3 heterocycles. The molecule has 3 rings (SSSR count). The van der Waals surface area contributed by atoms with Gasteiger partial charge < -0.3 is 9.13 Å². The largest absolute Gasteiger partial charge is 0.321 e. The number of rotatable bonds is 4. The minimum Gasteiger partial charge on any atom is -0.321 e. The molecule has 0 N–H and O–H groups in total. The van der Waals surface area contributed by atoms with Gasteiger partial charge in [0.15, 0.2) is 5.65 Å². The zero-order valence-corrected chi connectivity index (χ0v) is 12.5. The molecule has 106 valence electrons. The normalized spacial score (nSPS) is 11.6. The van der Waals surface area contributed by atoms with Crippen molar-refractivity contribution in [2.75, 3.05) is 0 Å². The van der Waals surface area contributed by atoms with Gasteiger partial charge in [-0.15, -0.1) is 21.8 Å². The highest BCUT2D eigenvalue weighted by atomic mass is 35.5. The van der Waals surface area contributed by atoms with Gasteiger partial charge in [-0.25, -0.2) is 4.98 Å². The standard InChI is InChI=1S/C12H16ClN7/c1-8-11-12(19(3)17-8)20(10(6-13)15-11)5-4-9-16-14-7-18(9)2/h7H,4-6H2,1-3H3. The number of aryl methyl sites for hydroxylation is 5. The Balaban J connectivity index is 1.99. The summed E-state index contributed by atoms with van der Waals surface area (Å²) >= 11 is 6.01. The van der Waals surface area contributed by atoms with Crippen molar-refractivity contribution in [3.05, 3.63) is 23.7 Å². The Labute approximate surface area is 121 Å². The van der Waals surface area contributed by atoms with E-state index in [1.54, 1.807) is 6.33 Å². The molecule has 0 atom stereocenters. The SMILES string of the molecule is Cc1nn(C)c2c1nc(CCl)n2CCc1nncn1C. The molecule has 20 heavy (non-hydrogen) atoms. The maximum absolute atomic E-state index is 6.01. The van der Waals surface area contributed by atoms with E-state index >= 15 is 0 Å². The lowest BCUT2D eigenvalue weighted by Gasteiger charge is -2.07. The summed E-state index contributed by atoms with van der Waals surface area (Å²) in [7, 11) is 3.86. The fourth-order valence-corrected chi connectivity index (χ4v) is 2.67. The highest BCUT2D eigenvalue weighted by Crippen LogP contribution is 2.20. The van der Waals surface area contributed by atoms with Crippen LogP contribution in [0.5, 0.6) is 0 Å². The molecule has 0 saturated carbocycles. The zero-order chi connectivity index (χ0) is 14.3. The number of hydrogen-bond acceptors (Lipinski definition) is 4. The Morgan fingerprint density at radius 1 is 1.25 bits per heavy atom. The smallest absolute Gasteiger partial charge is 0.158 e. The first-order chi connectivity index (χ1) is 9.61. The van der Waals surface area contributed by atoms with E-state index in [-0.39, 0.29) is 0 Å². The second kappa shape index (κ2) is 4.90. The van der Waals surface area contributed by atoms with E-state index in [4.69, 9.17) is 11.6 Å². The summed E-state index contributed by atoms with van der Waals surface area (Å²) in [6.45, 7) is 2.71. The molecule has 0 aliphatic rings. The summed E-state index contributed by atoms with van der Waals surface area (Å²) in [4.78, 5) is 4.58. The molecule has 7 nitrogen and oxygen atoms in total. The summed E-state index contributed by atoms with van der Waals surface area (Å²) in [5.74, 6) is 2.18. The van der Waals surface area contributed by atoms with Gasteiger partial charge in [0.05, 0.1) is 11.6 Å². The summed E-state index contributed by atoms with van der Waals surface area (Å²) in [6, 6.07) is 0. The van der Waals surface area contributed by atoms with Crippen molar-refractivity contribution < 1.29 is 0 Å². The number of alkyl halides is 1. The topological polar surface area (TPSA) is 66.3 Å². The minimum atomic E-state index is 0.382. The summed E-state index contributed by atoms with van der Waals surface area (Å²) in [5, 5.41) is 12.4. The van der Waals surface area contributed by atoms with Crippen LogP contribution in [0.3, 0.4) is 0 Å². The van der Waals surface area contributed by atoms with E-state index in [1.807, 2.05) is 30.3 Å². The van der Waals surface area contributed by atoms with Gasteiger partial charge >= 0.3 is 0 Å². The summed E-state index contributed by atoms with van der Waals surface area (Å²) < 4.78 is 5.88. The van der Waals surface area contributed by atoms with Crippen LogP contribution in [0.25, 0.3) is 11.2 Å². The predicted octanol–water partition coefficient (Wildman–Crippen LogP) is 1.19. The summed E-state index contributed by atoms with van der Waals surface area (Å²) in [6.07, 6.45) is 2.48. The van der Waals surface area contributed by atoms with E-state index in [2.05, 4.69) is 24.8 Å². The second-order valence-corrected chi connectivity index (χ2v) is 5.07. The van der Waals surface area contributed by atoms with Gasteiger partial charge in [-0.05, 0) is 6.92 Å². The fourth-order valence-electron chi connectivity index (χ4n) is 2.46. The highest BCUT2D eigenvalue weighted by Gasteiger charge is 2.17. The first-order valence-electron chi connectivity index (χ1n) is 6.39. The molecule has 8 heteroatoms. The average molecular weight is 294 g/mol. The van der Waals surface area contributed by atoms with Crippen molar-refractivity contribution in [3.8, 4) is 0 Å². The van der Waals surface area contributed by atoms with Crippen LogP contribution in [-0.2, 0) is 32.9 Å². The lowest BCUT2D eigenvalue weighted by molar-refractivity contribution is 0.622. The highest BCUT2D eigenvalue weighted by molar-refractivity contribution is 6.16. The molecule has 0 radical (unpaired) electrons. The Bertz CT molecular complexity index is 751. The van der Waals surface area contributed by atoms with Gasteiger partial charge in [0.25, 0.3) is 0 Å². The van der Waals surface area contributed by atoms with Gasteiger partial charge in [0.2, 0.25) is 0 Å². The average Bonchev–Trinajstić information content (AvgIpc) is 3.05. The number of hydrogen-bond donors (Lipinski definition) is 0. The lowest BCUT2D eigenvalue weighted by atomic mass is 10.4. The van der Waals surface area contributed by atoms with Crippen LogP contribution in [0.1, 0.15) is 17.3 Å². The number of fused-ring (bicyclic) bond motifs is 1. The van der Waals surface area contributed by atoms with Crippen molar-refractivity contribution in [2.45, 2.75) is 25.8 Å². The monoisotopic (exact) mass is 293 g/mol. The maximum atomic E-state index is 6.01. The van der Waals surface area contributed by atoms with Crippen molar-refractivity contribution in [2.24, 2.45) is 14.1 Å². The summed E-state index contributed by atoms with van der Waals surface area (Å²) in [5.41, 5.74) is 2.84. The van der Waals surface area contributed by atoms with Crippen LogP contribution >= 0.6 is 11.6 Å². The van der Waals surface area contributed by atoms with E-state index in [0.29, 0.717) is 5.88 Å². The number of aromatic nitrogens is 7. The molecule has 0 aliphatic heterocycles. The van der Waals surface area contributed by atoms with Crippen molar-refractivity contribution in [3.63, 3.8) is 0 Å². The minimum absolute atomic E-state index is 0.382. The Morgan fingerprint density at radius 3 is 2.70 bits per heavy atom. The molecular weight excluding hydrogens is 278 g/mol. The van der Waals surface area contributed by atoms with E-state index in [0.717, 1.165) is 41.5 Å². The van der Waals surface area contributed by atoms with Crippen molar-refractivity contribution in [1.82, 2.24) is 34.1 Å². The fraction of sp³-hybridized carbons (Fsp3) is 0.500. The van der Waals surface area contributed by atoms with Gasteiger partial charge in [-0.3, -0.25) is 4.68 Å². The molecule has 0 aromatic carbocycles.